The number of amides is 2. The number of carbonyl (C=O) groups excluding carboxylic acids is 1. The second-order valence-corrected chi connectivity index (χ2v) is 5.08. The van der Waals surface area contributed by atoms with Gasteiger partial charge in [-0.1, -0.05) is 0 Å². The van der Waals surface area contributed by atoms with Crippen molar-refractivity contribution in [3.63, 3.8) is 0 Å². The molecule has 2 aliphatic heterocycles. The molecule has 0 aromatic rings. The lowest BCUT2D eigenvalue weighted by atomic mass is 10.2. The maximum absolute atomic E-state index is 12.5. The molecule has 0 aromatic carbocycles. The maximum Gasteiger partial charge on any atom is 0.328 e. The first-order chi connectivity index (χ1) is 9.63. The summed E-state index contributed by atoms with van der Waals surface area (Å²) >= 11 is 0. The number of carboxylic acid groups (broad SMARTS) is 1. The first-order valence-electron chi connectivity index (χ1n) is 7.11. The van der Waals surface area contributed by atoms with Crippen molar-refractivity contribution in [2.24, 2.45) is 0 Å². The Labute approximate surface area is 118 Å². The summed E-state index contributed by atoms with van der Waals surface area (Å²) in [6.07, 6.45) is 2.05. The molecule has 2 aliphatic rings. The minimum Gasteiger partial charge on any atom is -0.480 e. The van der Waals surface area contributed by atoms with Crippen LogP contribution in [0.2, 0.25) is 0 Å². The zero-order valence-electron chi connectivity index (χ0n) is 11.8. The highest BCUT2D eigenvalue weighted by Crippen LogP contribution is 2.16. The van der Waals surface area contributed by atoms with Crippen LogP contribution in [0.4, 0.5) is 4.79 Å². The van der Waals surface area contributed by atoms with Crippen LogP contribution in [-0.4, -0.2) is 78.5 Å². The number of rotatable bonds is 4. The van der Waals surface area contributed by atoms with E-state index in [1.54, 1.807) is 4.90 Å². The Balaban J connectivity index is 1.99. The summed E-state index contributed by atoms with van der Waals surface area (Å²) in [5.74, 6) is -1.02. The maximum atomic E-state index is 12.5. The van der Waals surface area contributed by atoms with Crippen LogP contribution >= 0.6 is 0 Å². The van der Waals surface area contributed by atoms with E-state index in [9.17, 15) is 14.7 Å². The van der Waals surface area contributed by atoms with Crippen molar-refractivity contribution in [2.45, 2.75) is 31.9 Å². The lowest BCUT2D eigenvalue weighted by Crippen LogP contribution is -2.57. The Kier molecular flexibility index (Phi) is 5.19. The summed E-state index contributed by atoms with van der Waals surface area (Å²) in [5.41, 5.74) is 0. The fourth-order valence-electron chi connectivity index (χ4n) is 2.60. The van der Waals surface area contributed by atoms with Crippen LogP contribution in [0.25, 0.3) is 0 Å². The van der Waals surface area contributed by atoms with E-state index < -0.39 is 12.0 Å². The molecule has 7 nitrogen and oxygen atoms in total. The Hall–Kier alpha value is -1.34. The van der Waals surface area contributed by atoms with Crippen molar-refractivity contribution in [1.82, 2.24) is 9.80 Å². The summed E-state index contributed by atoms with van der Waals surface area (Å²) in [4.78, 5) is 26.8. The molecule has 0 bridgehead atoms. The van der Waals surface area contributed by atoms with Crippen LogP contribution in [0, 0.1) is 0 Å². The van der Waals surface area contributed by atoms with Gasteiger partial charge in [0.1, 0.15) is 0 Å². The highest BCUT2D eigenvalue weighted by atomic mass is 16.5. The van der Waals surface area contributed by atoms with E-state index in [1.165, 1.54) is 4.90 Å². The molecule has 0 aliphatic carbocycles. The number of aliphatic carboxylic acids is 1. The van der Waals surface area contributed by atoms with Gasteiger partial charge in [0.15, 0.2) is 6.04 Å². The number of nitrogens with zero attached hydrogens (tertiary/aromatic N) is 2. The summed E-state index contributed by atoms with van der Waals surface area (Å²) in [5, 5.41) is 9.18. The molecule has 0 aromatic heterocycles. The van der Waals surface area contributed by atoms with Crippen LogP contribution in [0.1, 0.15) is 19.8 Å². The number of hydrogen-bond donors (Lipinski definition) is 1. The van der Waals surface area contributed by atoms with Crippen LogP contribution in [-0.2, 0) is 14.3 Å². The van der Waals surface area contributed by atoms with Gasteiger partial charge in [-0.2, -0.15) is 0 Å². The van der Waals surface area contributed by atoms with Crippen LogP contribution < -0.4 is 0 Å². The lowest BCUT2D eigenvalue weighted by Gasteiger charge is -2.37. The first-order valence-corrected chi connectivity index (χ1v) is 7.11. The Morgan fingerprint density at radius 2 is 2.20 bits per heavy atom. The van der Waals surface area contributed by atoms with Gasteiger partial charge in [0.05, 0.1) is 19.3 Å². The molecule has 20 heavy (non-hydrogen) atoms. The zero-order valence-corrected chi connectivity index (χ0v) is 11.8. The quantitative estimate of drug-likeness (QED) is 0.809. The molecule has 2 rings (SSSR count). The van der Waals surface area contributed by atoms with E-state index in [1.807, 2.05) is 6.92 Å². The average molecular weight is 286 g/mol. The van der Waals surface area contributed by atoms with Gasteiger partial charge in [0.2, 0.25) is 0 Å². The monoisotopic (exact) mass is 286 g/mol. The van der Waals surface area contributed by atoms with Gasteiger partial charge in [-0.15, -0.1) is 0 Å². The third kappa shape index (κ3) is 3.40. The van der Waals surface area contributed by atoms with Crippen LogP contribution in [0.5, 0.6) is 0 Å². The highest BCUT2D eigenvalue weighted by Gasteiger charge is 2.35. The number of carboxylic acids is 1. The fraction of sp³-hybridized carbons (Fsp3) is 0.846. The van der Waals surface area contributed by atoms with E-state index in [4.69, 9.17) is 9.47 Å². The topological polar surface area (TPSA) is 79.3 Å². The number of hydrogen-bond acceptors (Lipinski definition) is 4. The van der Waals surface area contributed by atoms with E-state index in [2.05, 4.69) is 0 Å². The standard InChI is InChI=1S/C13H22N2O5/c1-2-14(8-10-4-3-6-20-10)13(18)15-5-7-19-9-11(15)12(16)17/h10-11H,2-9H2,1H3,(H,16,17). The van der Waals surface area contributed by atoms with Crippen LogP contribution in [0.15, 0.2) is 0 Å². The van der Waals surface area contributed by atoms with Gasteiger partial charge in [-0.25, -0.2) is 9.59 Å². The summed E-state index contributed by atoms with van der Waals surface area (Å²) < 4.78 is 10.7. The largest absolute Gasteiger partial charge is 0.480 e. The number of likely N-dealkylation sites (N-methyl/N-ethyl adjacent to an activating group) is 1. The molecule has 2 saturated heterocycles. The lowest BCUT2D eigenvalue weighted by molar-refractivity contribution is -0.147. The van der Waals surface area contributed by atoms with Crippen LogP contribution in [0.3, 0.4) is 0 Å². The number of urea groups is 1. The molecule has 0 spiro atoms. The van der Waals surface area contributed by atoms with Gasteiger partial charge in [-0.3, -0.25) is 0 Å². The molecule has 1 N–H and O–H groups in total. The molecular formula is C13H22N2O5. The van der Waals surface area contributed by atoms with E-state index in [0.29, 0.717) is 26.2 Å². The first kappa shape index (κ1) is 15.1. The number of carbonyl (C=O) groups is 2. The predicted molar refractivity (Wildman–Crippen MR) is 70.6 cm³/mol. The normalized spacial score (nSPS) is 26.6. The predicted octanol–water partition coefficient (Wildman–Crippen LogP) is 0.393. The molecule has 114 valence electrons. The molecule has 2 amide bonds. The Morgan fingerprint density at radius 3 is 2.80 bits per heavy atom. The average Bonchev–Trinajstić information content (AvgIpc) is 2.97. The molecule has 2 atom stereocenters. The summed E-state index contributed by atoms with van der Waals surface area (Å²) in [6, 6.07) is -1.13. The smallest absolute Gasteiger partial charge is 0.328 e. The van der Waals surface area contributed by atoms with Crippen molar-refractivity contribution in [2.75, 3.05) is 39.5 Å². The number of morpholine rings is 1. The van der Waals surface area contributed by atoms with Gasteiger partial charge < -0.3 is 24.4 Å². The summed E-state index contributed by atoms with van der Waals surface area (Å²) in [7, 11) is 0. The summed E-state index contributed by atoms with van der Waals surface area (Å²) in [6.45, 7) is 4.46. The molecule has 0 saturated carbocycles. The second kappa shape index (κ2) is 6.90. The molecular weight excluding hydrogens is 264 g/mol. The fourth-order valence-corrected chi connectivity index (χ4v) is 2.60. The Morgan fingerprint density at radius 1 is 1.40 bits per heavy atom. The molecule has 2 unspecified atom stereocenters. The van der Waals surface area contributed by atoms with Gasteiger partial charge in [0.25, 0.3) is 0 Å². The molecule has 0 radical (unpaired) electrons. The molecule has 7 heteroatoms. The number of ether oxygens (including phenoxy) is 2. The van der Waals surface area contributed by atoms with E-state index in [0.717, 1.165) is 19.4 Å². The van der Waals surface area contributed by atoms with Crippen molar-refractivity contribution in [3.8, 4) is 0 Å². The van der Waals surface area contributed by atoms with Crippen molar-refractivity contribution < 1.29 is 24.2 Å². The van der Waals surface area contributed by atoms with Crippen molar-refractivity contribution >= 4 is 12.0 Å². The molecule has 2 fully saturated rings. The Bertz CT molecular complexity index is 357. The van der Waals surface area contributed by atoms with E-state index >= 15 is 0 Å². The minimum absolute atomic E-state index is 0.0541. The van der Waals surface area contributed by atoms with E-state index in [-0.39, 0.29) is 18.7 Å². The minimum atomic E-state index is -1.02. The van der Waals surface area contributed by atoms with Crippen molar-refractivity contribution in [1.29, 1.82) is 0 Å². The third-order valence-corrected chi connectivity index (χ3v) is 3.76. The zero-order chi connectivity index (χ0) is 14.5. The van der Waals surface area contributed by atoms with Gasteiger partial charge in [0, 0.05) is 26.2 Å². The highest BCUT2D eigenvalue weighted by molar-refractivity contribution is 5.83. The van der Waals surface area contributed by atoms with Gasteiger partial charge >= 0.3 is 12.0 Å². The SMILES string of the molecule is CCN(CC1CCCO1)C(=O)N1CCOCC1C(=O)O. The van der Waals surface area contributed by atoms with Crippen molar-refractivity contribution in [3.05, 3.63) is 0 Å². The third-order valence-electron chi connectivity index (χ3n) is 3.76. The molecule has 2 heterocycles. The van der Waals surface area contributed by atoms with Gasteiger partial charge in [-0.05, 0) is 19.8 Å². The second-order valence-electron chi connectivity index (χ2n) is 5.08.